The van der Waals surface area contributed by atoms with Gasteiger partial charge in [-0.3, -0.25) is 4.90 Å². The van der Waals surface area contributed by atoms with E-state index in [4.69, 9.17) is 4.52 Å². The molecule has 23 heavy (non-hydrogen) atoms. The summed E-state index contributed by atoms with van der Waals surface area (Å²) in [6, 6.07) is 11.3. The van der Waals surface area contributed by atoms with E-state index in [0.29, 0.717) is 17.8 Å². The fraction of sp³-hybridized carbons (Fsp3) is 0.333. The fourth-order valence-electron chi connectivity index (χ4n) is 3.18. The lowest BCUT2D eigenvalue weighted by Crippen LogP contribution is -2.22. The molecule has 1 saturated heterocycles. The minimum absolute atomic E-state index is 0.451. The van der Waals surface area contributed by atoms with Crippen LogP contribution in [0.5, 0.6) is 0 Å². The van der Waals surface area contributed by atoms with Crippen molar-refractivity contribution in [2.75, 3.05) is 6.54 Å². The molecule has 1 aromatic carbocycles. The van der Waals surface area contributed by atoms with Gasteiger partial charge in [-0.25, -0.2) is 0 Å². The molecule has 3 heterocycles. The van der Waals surface area contributed by atoms with Gasteiger partial charge in [0.15, 0.2) is 0 Å². The quantitative estimate of drug-likeness (QED) is 0.711. The van der Waals surface area contributed by atoms with Crippen LogP contribution in [0.4, 0.5) is 0 Å². The molecule has 0 aliphatic carbocycles. The summed E-state index contributed by atoms with van der Waals surface area (Å²) in [5.41, 5.74) is 3.71. The van der Waals surface area contributed by atoms with Crippen molar-refractivity contribution in [3.63, 3.8) is 0 Å². The van der Waals surface area contributed by atoms with Crippen LogP contribution in [0.25, 0.3) is 11.4 Å². The summed E-state index contributed by atoms with van der Waals surface area (Å²) in [6.45, 7) is 3.92. The van der Waals surface area contributed by atoms with Gasteiger partial charge < -0.3 is 4.52 Å². The zero-order chi connectivity index (χ0) is 15.6. The van der Waals surface area contributed by atoms with Crippen molar-refractivity contribution < 1.29 is 4.52 Å². The van der Waals surface area contributed by atoms with E-state index in [-0.39, 0.29) is 0 Å². The van der Waals surface area contributed by atoms with E-state index >= 15 is 0 Å². The van der Waals surface area contributed by atoms with E-state index in [9.17, 15) is 0 Å². The Morgan fingerprint density at radius 3 is 2.91 bits per heavy atom. The fourth-order valence-corrected chi connectivity index (χ4v) is 3.82. The van der Waals surface area contributed by atoms with E-state index in [2.05, 4.69) is 46.2 Å². The van der Waals surface area contributed by atoms with Gasteiger partial charge in [0.1, 0.15) is 0 Å². The van der Waals surface area contributed by atoms with Crippen LogP contribution >= 0.6 is 11.3 Å². The van der Waals surface area contributed by atoms with E-state index in [0.717, 1.165) is 18.7 Å². The van der Waals surface area contributed by atoms with Crippen molar-refractivity contribution >= 4 is 11.3 Å². The highest BCUT2D eigenvalue weighted by molar-refractivity contribution is 7.08. The normalized spacial score (nSPS) is 18.6. The molecule has 0 saturated carbocycles. The third-order valence-electron chi connectivity index (χ3n) is 4.41. The minimum atomic E-state index is 0.451. The summed E-state index contributed by atoms with van der Waals surface area (Å²) in [4.78, 5) is 6.99. The number of aryl methyl sites for hydroxylation is 1. The van der Waals surface area contributed by atoms with Gasteiger partial charge in [-0.1, -0.05) is 35.0 Å². The Hall–Kier alpha value is -1.98. The lowest BCUT2D eigenvalue weighted by atomic mass is 10.0. The molecule has 4 nitrogen and oxygen atoms in total. The van der Waals surface area contributed by atoms with Crippen molar-refractivity contribution in [1.82, 2.24) is 15.0 Å². The van der Waals surface area contributed by atoms with Gasteiger partial charge in [0.05, 0.1) is 6.54 Å². The Labute approximate surface area is 139 Å². The molecule has 1 aliphatic rings. The Balaban J connectivity index is 1.50. The molecule has 1 atom stereocenters. The summed E-state index contributed by atoms with van der Waals surface area (Å²) >= 11 is 1.64. The molecule has 118 valence electrons. The van der Waals surface area contributed by atoms with Crippen molar-refractivity contribution in [3.8, 4) is 11.4 Å². The predicted molar refractivity (Wildman–Crippen MR) is 91.2 cm³/mol. The first-order chi connectivity index (χ1) is 11.3. The maximum atomic E-state index is 5.46. The van der Waals surface area contributed by atoms with Gasteiger partial charge in [0.25, 0.3) is 0 Å². The summed E-state index contributed by atoms with van der Waals surface area (Å²) in [6.07, 6.45) is 2.40. The third-order valence-corrected chi connectivity index (χ3v) is 5.09. The van der Waals surface area contributed by atoms with Crippen molar-refractivity contribution in [2.24, 2.45) is 0 Å². The second kappa shape index (κ2) is 6.26. The first-order valence-corrected chi connectivity index (χ1v) is 8.89. The summed E-state index contributed by atoms with van der Waals surface area (Å²) in [5.74, 6) is 1.39. The molecule has 1 fully saturated rings. The zero-order valence-corrected chi connectivity index (χ0v) is 13.9. The van der Waals surface area contributed by atoms with Crippen LogP contribution < -0.4 is 0 Å². The number of benzene rings is 1. The Kier molecular flexibility index (Phi) is 3.97. The zero-order valence-electron chi connectivity index (χ0n) is 13.1. The first kappa shape index (κ1) is 14.6. The van der Waals surface area contributed by atoms with Crippen LogP contribution in [0.15, 0.2) is 45.6 Å². The van der Waals surface area contributed by atoms with E-state index in [1.165, 1.54) is 24.0 Å². The molecule has 0 bridgehead atoms. The smallest absolute Gasteiger partial charge is 0.241 e. The van der Waals surface area contributed by atoms with Gasteiger partial charge in [-0.15, -0.1) is 0 Å². The second-order valence-electron chi connectivity index (χ2n) is 6.06. The van der Waals surface area contributed by atoms with Gasteiger partial charge >= 0.3 is 0 Å². The standard InChI is InChI=1S/C18H19N3OS/c1-13-4-6-14(7-5-13)16-3-2-9-21(16)11-17-19-18(20-22-17)15-8-10-23-12-15/h4-8,10,12,16H,2-3,9,11H2,1H3/t16-/m1/s1. The minimum Gasteiger partial charge on any atom is -0.338 e. The molecule has 0 unspecified atom stereocenters. The predicted octanol–water partition coefficient (Wildman–Crippen LogP) is 4.44. The molecule has 0 amide bonds. The van der Waals surface area contributed by atoms with Crippen LogP contribution in [0.1, 0.15) is 35.9 Å². The highest BCUT2D eigenvalue weighted by Crippen LogP contribution is 2.33. The third kappa shape index (κ3) is 3.07. The maximum Gasteiger partial charge on any atom is 0.241 e. The second-order valence-corrected chi connectivity index (χ2v) is 6.84. The molecule has 2 aromatic heterocycles. The number of nitrogens with zero attached hydrogens (tertiary/aromatic N) is 3. The molecule has 0 spiro atoms. The van der Waals surface area contributed by atoms with Crippen LogP contribution in [0.2, 0.25) is 0 Å². The van der Waals surface area contributed by atoms with Crippen LogP contribution in [0.3, 0.4) is 0 Å². The average Bonchev–Trinajstić information content (AvgIpc) is 3.29. The largest absolute Gasteiger partial charge is 0.338 e. The number of likely N-dealkylation sites (tertiary alicyclic amines) is 1. The number of rotatable bonds is 4. The number of hydrogen-bond acceptors (Lipinski definition) is 5. The molecule has 1 aliphatic heterocycles. The molecular weight excluding hydrogens is 306 g/mol. The summed E-state index contributed by atoms with van der Waals surface area (Å²) < 4.78 is 5.46. The highest BCUT2D eigenvalue weighted by Gasteiger charge is 2.27. The highest BCUT2D eigenvalue weighted by atomic mass is 32.1. The van der Waals surface area contributed by atoms with Crippen LogP contribution in [-0.2, 0) is 6.54 Å². The van der Waals surface area contributed by atoms with Crippen molar-refractivity contribution in [3.05, 3.63) is 58.1 Å². The monoisotopic (exact) mass is 325 g/mol. The summed E-state index contributed by atoms with van der Waals surface area (Å²) in [7, 11) is 0. The Morgan fingerprint density at radius 1 is 1.26 bits per heavy atom. The summed E-state index contributed by atoms with van der Waals surface area (Å²) in [5, 5.41) is 8.17. The topological polar surface area (TPSA) is 42.2 Å². The van der Waals surface area contributed by atoms with E-state index in [1.54, 1.807) is 11.3 Å². The van der Waals surface area contributed by atoms with Gasteiger partial charge in [0, 0.05) is 17.0 Å². The van der Waals surface area contributed by atoms with Crippen molar-refractivity contribution in [2.45, 2.75) is 32.4 Å². The number of thiophene rings is 1. The van der Waals surface area contributed by atoms with Crippen LogP contribution in [-0.4, -0.2) is 21.6 Å². The van der Waals surface area contributed by atoms with E-state index < -0.39 is 0 Å². The Bertz CT molecular complexity index is 764. The van der Waals surface area contributed by atoms with Crippen molar-refractivity contribution in [1.29, 1.82) is 0 Å². The number of aromatic nitrogens is 2. The average molecular weight is 325 g/mol. The molecule has 5 heteroatoms. The van der Waals surface area contributed by atoms with Gasteiger partial charge in [-0.2, -0.15) is 16.3 Å². The molecule has 3 aromatic rings. The molecule has 4 rings (SSSR count). The molecule has 0 radical (unpaired) electrons. The Morgan fingerprint density at radius 2 is 2.13 bits per heavy atom. The SMILES string of the molecule is Cc1ccc([C@H]2CCCN2Cc2nc(-c3ccsc3)no2)cc1. The lowest BCUT2D eigenvalue weighted by Gasteiger charge is -2.23. The number of hydrogen-bond donors (Lipinski definition) is 0. The van der Waals surface area contributed by atoms with Crippen LogP contribution in [0, 0.1) is 6.92 Å². The van der Waals surface area contributed by atoms with Gasteiger partial charge in [0.2, 0.25) is 11.7 Å². The van der Waals surface area contributed by atoms with E-state index in [1.807, 2.05) is 16.8 Å². The molecular formula is C18H19N3OS. The first-order valence-electron chi connectivity index (χ1n) is 7.95. The lowest BCUT2D eigenvalue weighted by molar-refractivity contribution is 0.212. The molecule has 0 N–H and O–H groups in total. The maximum absolute atomic E-state index is 5.46. The van der Waals surface area contributed by atoms with Gasteiger partial charge in [-0.05, 0) is 43.3 Å².